The third kappa shape index (κ3) is 5.37. The molecule has 0 N–H and O–H groups in total. The Kier molecular flexibility index (Phi) is 7.33. The molecular formula is C24H22BrN3O4. The van der Waals surface area contributed by atoms with Gasteiger partial charge in [-0.15, -0.1) is 0 Å². The van der Waals surface area contributed by atoms with Gasteiger partial charge < -0.3 is 18.6 Å². The fraction of sp³-hybridized carbons (Fsp3) is 0.208. The van der Waals surface area contributed by atoms with Crippen molar-refractivity contribution in [3.63, 3.8) is 0 Å². The van der Waals surface area contributed by atoms with Crippen molar-refractivity contribution in [3.8, 4) is 11.8 Å². The quantitative estimate of drug-likeness (QED) is 0.272. The lowest BCUT2D eigenvalue weighted by Gasteiger charge is -2.15. The van der Waals surface area contributed by atoms with Gasteiger partial charge >= 0.3 is 5.97 Å². The number of carbonyl (C=O) groups excluding carboxylic acids is 2. The van der Waals surface area contributed by atoms with Crippen molar-refractivity contribution in [2.24, 2.45) is 0 Å². The van der Waals surface area contributed by atoms with Crippen LogP contribution in [0.2, 0.25) is 0 Å². The molecule has 0 atom stereocenters. The molecule has 3 aromatic rings. The molecule has 1 aromatic carbocycles. The zero-order chi connectivity index (χ0) is 23.3. The molecular weight excluding hydrogens is 474 g/mol. The Morgan fingerprint density at radius 3 is 2.59 bits per heavy atom. The van der Waals surface area contributed by atoms with E-state index in [4.69, 9.17) is 9.15 Å². The van der Waals surface area contributed by atoms with Gasteiger partial charge in [0, 0.05) is 28.6 Å². The van der Waals surface area contributed by atoms with Gasteiger partial charge in [-0.3, -0.25) is 4.79 Å². The molecule has 0 fully saturated rings. The van der Waals surface area contributed by atoms with Crippen molar-refractivity contribution < 1.29 is 18.7 Å². The van der Waals surface area contributed by atoms with Crippen LogP contribution >= 0.6 is 15.9 Å². The van der Waals surface area contributed by atoms with Gasteiger partial charge in [-0.25, -0.2) is 4.79 Å². The fourth-order valence-electron chi connectivity index (χ4n) is 3.25. The van der Waals surface area contributed by atoms with E-state index in [9.17, 15) is 14.9 Å². The number of furan rings is 1. The normalized spacial score (nSPS) is 11.2. The van der Waals surface area contributed by atoms with Gasteiger partial charge in [0.1, 0.15) is 17.4 Å². The van der Waals surface area contributed by atoms with Gasteiger partial charge in [-0.05, 0) is 68.0 Å². The summed E-state index contributed by atoms with van der Waals surface area (Å²) in [5.41, 5.74) is 3.34. The second-order valence-corrected chi connectivity index (χ2v) is 8.13. The van der Waals surface area contributed by atoms with Crippen LogP contribution in [0.3, 0.4) is 0 Å². The molecule has 0 saturated carbocycles. The Balaban J connectivity index is 1.71. The van der Waals surface area contributed by atoms with Crippen LogP contribution in [0.1, 0.15) is 22.7 Å². The molecule has 2 aromatic heterocycles. The number of carbonyl (C=O) groups is 2. The Morgan fingerprint density at radius 1 is 1.25 bits per heavy atom. The number of aromatic nitrogens is 1. The number of hydrogen-bond acceptors (Lipinski definition) is 5. The number of ether oxygens (including phenoxy) is 1. The van der Waals surface area contributed by atoms with Crippen molar-refractivity contribution in [1.29, 1.82) is 5.26 Å². The van der Waals surface area contributed by atoms with Gasteiger partial charge in [0.05, 0.1) is 12.8 Å². The van der Waals surface area contributed by atoms with Gasteiger partial charge in [-0.2, -0.15) is 5.26 Å². The molecule has 32 heavy (non-hydrogen) atoms. The Bertz CT molecular complexity index is 1190. The van der Waals surface area contributed by atoms with Crippen LogP contribution in [0.25, 0.3) is 11.8 Å². The maximum atomic E-state index is 12.4. The summed E-state index contributed by atoms with van der Waals surface area (Å²) in [5.74, 6) is -0.632. The van der Waals surface area contributed by atoms with Gasteiger partial charge in [-0.1, -0.05) is 15.9 Å². The standard InChI is InChI=1S/C24H22BrN3O4/c1-16-11-18(17(2)28(16)21-8-6-20(25)7-9-21)12-19(13-26)24(30)32-15-23(29)27(3)14-22-5-4-10-31-22/h4-12H,14-15H2,1-3H3/b19-12+. The second-order valence-electron chi connectivity index (χ2n) is 7.21. The summed E-state index contributed by atoms with van der Waals surface area (Å²) < 4.78 is 13.3. The molecule has 0 unspecified atom stereocenters. The van der Waals surface area contributed by atoms with Crippen LogP contribution in [0, 0.1) is 25.2 Å². The molecule has 0 aliphatic heterocycles. The molecule has 3 rings (SSSR count). The Labute approximate surface area is 194 Å². The van der Waals surface area contributed by atoms with E-state index in [1.165, 1.54) is 17.2 Å². The predicted molar refractivity (Wildman–Crippen MR) is 123 cm³/mol. The Morgan fingerprint density at radius 2 is 1.97 bits per heavy atom. The topological polar surface area (TPSA) is 88.5 Å². The van der Waals surface area contributed by atoms with Crippen LogP contribution in [0.4, 0.5) is 0 Å². The van der Waals surface area contributed by atoms with Gasteiger partial charge in [0.25, 0.3) is 5.91 Å². The number of rotatable bonds is 7. The third-order valence-electron chi connectivity index (χ3n) is 4.92. The largest absolute Gasteiger partial charge is 0.467 e. The highest BCUT2D eigenvalue weighted by atomic mass is 79.9. The molecule has 164 valence electrons. The Hall–Kier alpha value is -3.57. The fourth-order valence-corrected chi connectivity index (χ4v) is 3.52. The first-order chi connectivity index (χ1) is 15.3. The van der Waals surface area contributed by atoms with E-state index in [1.807, 2.05) is 54.8 Å². The van der Waals surface area contributed by atoms with E-state index in [2.05, 4.69) is 15.9 Å². The van der Waals surface area contributed by atoms with E-state index in [0.717, 1.165) is 27.1 Å². The molecule has 0 bridgehead atoms. The first-order valence-corrected chi connectivity index (χ1v) is 10.6. The molecule has 2 heterocycles. The SMILES string of the molecule is Cc1cc(/C=C(\C#N)C(=O)OCC(=O)N(C)Cc2ccco2)c(C)n1-c1ccc(Br)cc1. The third-order valence-corrected chi connectivity index (χ3v) is 5.45. The summed E-state index contributed by atoms with van der Waals surface area (Å²) >= 11 is 3.43. The molecule has 0 saturated heterocycles. The zero-order valence-electron chi connectivity index (χ0n) is 18.0. The molecule has 0 spiro atoms. The first-order valence-electron chi connectivity index (χ1n) is 9.80. The number of aryl methyl sites for hydroxylation is 1. The van der Waals surface area contributed by atoms with E-state index < -0.39 is 18.5 Å². The van der Waals surface area contributed by atoms with E-state index >= 15 is 0 Å². The number of amides is 1. The highest BCUT2D eigenvalue weighted by Gasteiger charge is 2.18. The van der Waals surface area contributed by atoms with Gasteiger partial charge in [0.15, 0.2) is 6.61 Å². The van der Waals surface area contributed by atoms with Crippen molar-refractivity contribution in [2.45, 2.75) is 20.4 Å². The number of halogens is 1. The van der Waals surface area contributed by atoms with Crippen LogP contribution in [-0.4, -0.2) is 35.0 Å². The summed E-state index contributed by atoms with van der Waals surface area (Å²) in [5, 5.41) is 9.48. The number of nitriles is 1. The molecule has 1 amide bonds. The average Bonchev–Trinajstić information content (AvgIpc) is 3.38. The van der Waals surface area contributed by atoms with E-state index in [1.54, 1.807) is 19.2 Å². The predicted octanol–water partition coefficient (Wildman–Crippen LogP) is 4.56. The molecule has 0 aliphatic carbocycles. The molecule has 7 nitrogen and oxygen atoms in total. The summed E-state index contributed by atoms with van der Waals surface area (Å²) in [7, 11) is 1.58. The zero-order valence-corrected chi connectivity index (χ0v) is 19.5. The minimum atomic E-state index is -0.847. The lowest BCUT2D eigenvalue weighted by Crippen LogP contribution is -2.30. The maximum Gasteiger partial charge on any atom is 0.349 e. The smallest absolute Gasteiger partial charge is 0.349 e. The van der Waals surface area contributed by atoms with Crippen molar-refractivity contribution in [2.75, 3.05) is 13.7 Å². The monoisotopic (exact) mass is 495 g/mol. The molecule has 0 radical (unpaired) electrons. The number of benzene rings is 1. The summed E-state index contributed by atoms with van der Waals surface area (Å²) in [4.78, 5) is 26.0. The second kappa shape index (κ2) is 10.2. The van der Waals surface area contributed by atoms with Crippen molar-refractivity contribution in [1.82, 2.24) is 9.47 Å². The van der Waals surface area contributed by atoms with Gasteiger partial charge in [0.2, 0.25) is 0 Å². The minimum absolute atomic E-state index is 0.178. The van der Waals surface area contributed by atoms with Crippen molar-refractivity contribution in [3.05, 3.63) is 81.5 Å². The summed E-state index contributed by atoms with van der Waals surface area (Å²) in [6.45, 7) is 3.65. The van der Waals surface area contributed by atoms with Crippen LogP contribution in [-0.2, 0) is 20.9 Å². The van der Waals surface area contributed by atoms with E-state index in [-0.39, 0.29) is 12.1 Å². The molecule has 0 aliphatic rings. The first kappa shape index (κ1) is 23.1. The average molecular weight is 496 g/mol. The van der Waals surface area contributed by atoms with Crippen molar-refractivity contribution >= 4 is 33.9 Å². The number of hydrogen-bond donors (Lipinski definition) is 0. The van der Waals surface area contributed by atoms with E-state index in [0.29, 0.717) is 5.76 Å². The van der Waals surface area contributed by atoms with Crippen LogP contribution in [0.15, 0.2) is 63.2 Å². The lowest BCUT2D eigenvalue weighted by atomic mass is 10.1. The number of nitrogens with zero attached hydrogens (tertiary/aromatic N) is 3. The van der Waals surface area contributed by atoms with Crippen LogP contribution < -0.4 is 0 Å². The number of esters is 1. The lowest BCUT2D eigenvalue weighted by molar-refractivity contribution is -0.148. The van der Waals surface area contributed by atoms with Crippen LogP contribution in [0.5, 0.6) is 0 Å². The number of likely N-dealkylation sites (N-methyl/N-ethyl adjacent to an activating group) is 1. The highest BCUT2D eigenvalue weighted by Crippen LogP contribution is 2.24. The minimum Gasteiger partial charge on any atom is -0.467 e. The summed E-state index contributed by atoms with van der Waals surface area (Å²) in [6, 6.07) is 15.1. The summed E-state index contributed by atoms with van der Waals surface area (Å²) in [6.07, 6.45) is 3.00. The maximum absolute atomic E-state index is 12.4. The highest BCUT2D eigenvalue weighted by molar-refractivity contribution is 9.10. The molecule has 8 heteroatoms.